The van der Waals surface area contributed by atoms with Gasteiger partial charge < -0.3 is 5.32 Å². The summed E-state index contributed by atoms with van der Waals surface area (Å²) in [5, 5.41) is 2.79. The third-order valence-corrected chi connectivity index (χ3v) is 6.18. The predicted octanol–water partition coefficient (Wildman–Crippen LogP) is 5.02. The van der Waals surface area contributed by atoms with E-state index in [1.165, 1.54) is 12.1 Å². The number of rotatable bonds is 3. The van der Waals surface area contributed by atoms with Crippen LogP contribution in [-0.4, -0.2) is 22.4 Å². The van der Waals surface area contributed by atoms with Crippen molar-refractivity contribution in [2.45, 2.75) is 6.42 Å². The summed E-state index contributed by atoms with van der Waals surface area (Å²) in [4.78, 5) is 12.5. The number of nitrogens with zero attached hydrogens (tertiary/aromatic N) is 1. The van der Waals surface area contributed by atoms with Gasteiger partial charge in [0.1, 0.15) is 16.8 Å². The van der Waals surface area contributed by atoms with E-state index in [4.69, 9.17) is 23.2 Å². The summed E-state index contributed by atoms with van der Waals surface area (Å²) >= 11 is 15.2. The lowest BCUT2D eigenvalue weighted by atomic mass is 10.1. The first kappa shape index (κ1) is 18.6. The van der Waals surface area contributed by atoms with Gasteiger partial charge in [0.15, 0.2) is 0 Å². The fourth-order valence-corrected chi connectivity index (χ4v) is 4.82. The first-order valence-electron chi connectivity index (χ1n) is 7.27. The number of anilines is 2. The van der Waals surface area contributed by atoms with Gasteiger partial charge in [-0.1, -0.05) is 39.1 Å². The number of halogens is 4. The van der Waals surface area contributed by atoms with Crippen LogP contribution in [-0.2, 0) is 11.0 Å². The third-order valence-electron chi connectivity index (χ3n) is 3.59. The van der Waals surface area contributed by atoms with Crippen molar-refractivity contribution in [3.63, 3.8) is 0 Å². The Morgan fingerprint density at radius 3 is 2.64 bits per heavy atom. The third kappa shape index (κ3) is 4.16. The molecule has 0 radical (unpaired) electrons. The highest BCUT2D eigenvalue weighted by atomic mass is 79.9. The van der Waals surface area contributed by atoms with Crippen molar-refractivity contribution < 1.29 is 13.4 Å². The van der Waals surface area contributed by atoms with E-state index in [1.54, 1.807) is 22.5 Å². The molecular weight excluding hydrogens is 454 g/mol. The van der Waals surface area contributed by atoms with Crippen LogP contribution in [0.25, 0.3) is 0 Å². The SMILES string of the molecule is O=C(Nc1cc(Cl)cc(Br)c1)c1cc(N2CCCS2=O)cc(F)c1Cl. The molecule has 132 valence electrons. The topological polar surface area (TPSA) is 49.4 Å². The molecule has 0 bridgehead atoms. The summed E-state index contributed by atoms with van der Waals surface area (Å²) in [6.07, 6.45) is 0.745. The van der Waals surface area contributed by atoms with Crippen molar-refractivity contribution in [1.29, 1.82) is 0 Å². The molecule has 0 aromatic heterocycles. The van der Waals surface area contributed by atoms with E-state index in [2.05, 4.69) is 21.2 Å². The molecule has 1 amide bonds. The van der Waals surface area contributed by atoms with Gasteiger partial charge in [0.25, 0.3) is 5.91 Å². The van der Waals surface area contributed by atoms with Crippen molar-refractivity contribution >= 4 is 67.4 Å². The van der Waals surface area contributed by atoms with Gasteiger partial charge in [0, 0.05) is 27.5 Å². The van der Waals surface area contributed by atoms with Crippen molar-refractivity contribution in [3.05, 3.63) is 56.2 Å². The van der Waals surface area contributed by atoms with E-state index < -0.39 is 22.7 Å². The van der Waals surface area contributed by atoms with Crippen LogP contribution in [0.5, 0.6) is 0 Å². The van der Waals surface area contributed by atoms with Crippen LogP contribution in [0.15, 0.2) is 34.8 Å². The zero-order valence-electron chi connectivity index (χ0n) is 12.7. The summed E-state index contributed by atoms with van der Waals surface area (Å²) in [6, 6.07) is 7.54. The van der Waals surface area contributed by atoms with Crippen LogP contribution in [0.2, 0.25) is 10.0 Å². The highest BCUT2D eigenvalue weighted by molar-refractivity contribution is 9.10. The number of carbonyl (C=O) groups is 1. The van der Waals surface area contributed by atoms with Crippen LogP contribution >= 0.6 is 39.1 Å². The number of amides is 1. The molecule has 4 nitrogen and oxygen atoms in total. The lowest BCUT2D eigenvalue weighted by Crippen LogP contribution is -2.21. The van der Waals surface area contributed by atoms with E-state index in [9.17, 15) is 13.4 Å². The molecule has 0 aliphatic carbocycles. The highest BCUT2D eigenvalue weighted by Gasteiger charge is 2.24. The molecule has 1 aliphatic rings. The van der Waals surface area contributed by atoms with E-state index >= 15 is 0 Å². The van der Waals surface area contributed by atoms with Crippen LogP contribution in [0.3, 0.4) is 0 Å². The number of hydrogen-bond donors (Lipinski definition) is 1. The molecule has 25 heavy (non-hydrogen) atoms. The molecule has 2 aromatic rings. The Labute approximate surface area is 165 Å². The van der Waals surface area contributed by atoms with E-state index in [0.717, 1.165) is 6.42 Å². The number of hydrogen-bond acceptors (Lipinski definition) is 2. The fourth-order valence-electron chi connectivity index (χ4n) is 2.50. The quantitative estimate of drug-likeness (QED) is 0.691. The summed E-state index contributed by atoms with van der Waals surface area (Å²) in [7, 11) is -1.22. The molecule has 1 unspecified atom stereocenters. The lowest BCUT2D eigenvalue weighted by molar-refractivity contribution is 0.102. The second-order valence-electron chi connectivity index (χ2n) is 5.38. The molecule has 1 fully saturated rings. The molecule has 1 saturated heterocycles. The van der Waals surface area contributed by atoms with Gasteiger partial charge in [-0.2, -0.15) is 0 Å². The minimum absolute atomic E-state index is 0.0309. The van der Waals surface area contributed by atoms with Crippen molar-refractivity contribution in [1.82, 2.24) is 0 Å². The molecule has 2 aromatic carbocycles. The molecule has 3 rings (SSSR count). The van der Waals surface area contributed by atoms with Crippen LogP contribution in [0, 0.1) is 5.82 Å². The zero-order chi connectivity index (χ0) is 18.1. The molecular formula is C16H12BrCl2FN2O2S. The average Bonchev–Trinajstić information content (AvgIpc) is 2.94. The van der Waals surface area contributed by atoms with Crippen molar-refractivity contribution in [2.75, 3.05) is 21.9 Å². The normalized spacial score (nSPS) is 17.0. The van der Waals surface area contributed by atoms with Gasteiger partial charge in [-0.15, -0.1) is 0 Å². The zero-order valence-corrected chi connectivity index (χ0v) is 16.6. The van der Waals surface area contributed by atoms with Gasteiger partial charge in [-0.05, 0) is 36.8 Å². The van der Waals surface area contributed by atoms with Crippen molar-refractivity contribution in [3.8, 4) is 0 Å². The van der Waals surface area contributed by atoms with Crippen molar-refractivity contribution in [2.24, 2.45) is 0 Å². The molecule has 9 heteroatoms. The van der Waals surface area contributed by atoms with E-state index in [-0.39, 0.29) is 10.6 Å². The van der Waals surface area contributed by atoms with E-state index in [0.29, 0.717) is 33.2 Å². The molecule has 1 aliphatic heterocycles. The number of nitrogens with one attached hydrogen (secondary N) is 1. The molecule has 1 heterocycles. The van der Waals surface area contributed by atoms with Gasteiger partial charge in [-0.25, -0.2) is 8.60 Å². The fraction of sp³-hybridized carbons (Fsp3) is 0.188. The Kier molecular flexibility index (Phi) is 5.68. The Morgan fingerprint density at radius 1 is 1.24 bits per heavy atom. The smallest absolute Gasteiger partial charge is 0.257 e. The van der Waals surface area contributed by atoms with Gasteiger partial charge in [0.05, 0.1) is 16.3 Å². The number of carbonyl (C=O) groups excluding carboxylic acids is 1. The molecule has 1 N–H and O–H groups in total. The monoisotopic (exact) mass is 464 g/mol. The first-order valence-corrected chi connectivity index (χ1v) is 10.1. The van der Waals surface area contributed by atoms with E-state index in [1.807, 2.05) is 0 Å². The van der Waals surface area contributed by atoms with Crippen LogP contribution in [0.1, 0.15) is 16.8 Å². The summed E-state index contributed by atoms with van der Waals surface area (Å²) in [5.41, 5.74) is 0.780. The van der Waals surface area contributed by atoms with Gasteiger partial charge in [0.2, 0.25) is 0 Å². The summed E-state index contributed by atoms with van der Waals surface area (Å²) in [5.74, 6) is -0.798. The Hall–Kier alpha value is -1.15. The second-order valence-corrected chi connectivity index (χ2v) is 8.60. The second kappa shape index (κ2) is 7.61. The Morgan fingerprint density at radius 2 is 2.00 bits per heavy atom. The maximum atomic E-state index is 14.2. The highest BCUT2D eigenvalue weighted by Crippen LogP contribution is 2.31. The maximum Gasteiger partial charge on any atom is 0.257 e. The summed E-state index contributed by atoms with van der Waals surface area (Å²) < 4.78 is 28.4. The number of benzene rings is 2. The summed E-state index contributed by atoms with van der Waals surface area (Å²) in [6.45, 7) is 0.538. The predicted molar refractivity (Wildman–Crippen MR) is 103 cm³/mol. The Balaban J connectivity index is 1.93. The van der Waals surface area contributed by atoms with Crippen LogP contribution in [0.4, 0.5) is 15.8 Å². The minimum Gasteiger partial charge on any atom is -0.322 e. The van der Waals surface area contributed by atoms with Crippen LogP contribution < -0.4 is 9.62 Å². The molecule has 0 spiro atoms. The largest absolute Gasteiger partial charge is 0.322 e. The minimum atomic E-state index is -1.22. The lowest BCUT2D eigenvalue weighted by Gasteiger charge is -2.18. The molecule has 0 saturated carbocycles. The average molecular weight is 466 g/mol. The first-order chi connectivity index (χ1) is 11.8. The van der Waals surface area contributed by atoms with Gasteiger partial charge >= 0.3 is 0 Å². The Bertz CT molecular complexity index is 861. The standard InChI is InChI=1S/C16H12BrCl2FN2O2S/c17-9-4-10(18)6-11(5-9)21-16(23)13-7-12(8-14(20)15(13)19)22-2-1-3-25(22)24/h4-8H,1-3H2,(H,21,23). The van der Waals surface area contributed by atoms with Gasteiger partial charge in [-0.3, -0.25) is 9.10 Å². The molecule has 1 atom stereocenters. The maximum absolute atomic E-state index is 14.2.